The number of unbranched alkanes of at least 4 members (excludes halogenated alkanes) is 2. The summed E-state index contributed by atoms with van der Waals surface area (Å²) in [7, 11) is 0. The largest absolute Gasteiger partial charge is 0.444 e. The monoisotopic (exact) mass is 365 g/mol. The van der Waals surface area contributed by atoms with E-state index in [1.54, 1.807) is 0 Å². The van der Waals surface area contributed by atoms with Crippen molar-refractivity contribution in [2.75, 3.05) is 6.54 Å². The Hall–Kier alpha value is -1.63. The van der Waals surface area contributed by atoms with Gasteiger partial charge in [0.2, 0.25) is 0 Å². The Morgan fingerprint density at radius 1 is 1.27 bits per heavy atom. The Morgan fingerprint density at radius 2 is 2.00 bits per heavy atom. The van der Waals surface area contributed by atoms with E-state index < -0.39 is 5.60 Å². The van der Waals surface area contributed by atoms with E-state index >= 15 is 0 Å². The summed E-state index contributed by atoms with van der Waals surface area (Å²) in [5.41, 5.74) is 5.92. The summed E-state index contributed by atoms with van der Waals surface area (Å²) < 4.78 is 7.49. The first-order valence-corrected chi connectivity index (χ1v) is 9.98. The first kappa shape index (κ1) is 20.7. The molecule has 7 heteroatoms. The summed E-state index contributed by atoms with van der Waals surface area (Å²) in [4.78, 5) is 14.6. The first-order chi connectivity index (χ1) is 12.4. The van der Waals surface area contributed by atoms with Gasteiger partial charge in [-0.15, -0.1) is 5.10 Å². The van der Waals surface area contributed by atoms with Gasteiger partial charge in [0.1, 0.15) is 5.60 Å². The molecule has 0 atom stereocenters. The van der Waals surface area contributed by atoms with E-state index in [9.17, 15) is 4.79 Å². The minimum Gasteiger partial charge on any atom is -0.444 e. The fourth-order valence-corrected chi connectivity index (χ4v) is 3.41. The Balaban J connectivity index is 1.78. The molecule has 7 nitrogen and oxygen atoms in total. The Bertz CT molecular complexity index is 546. The highest BCUT2D eigenvalue weighted by Gasteiger charge is 2.28. The summed E-state index contributed by atoms with van der Waals surface area (Å²) >= 11 is 0. The molecule has 2 rings (SSSR count). The second kappa shape index (κ2) is 9.90. The molecule has 1 saturated carbocycles. The highest BCUT2D eigenvalue weighted by Crippen LogP contribution is 2.25. The average molecular weight is 366 g/mol. The lowest BCUT2D eigenvalue weighted by Gasteiger charge is -2.35. The molecule has 1 aromatic heterocycles. The van der Waals surface area contributed by atoms with E-state index in [-0.39, 0.29) is 6.09 Å². The Labute approximate surface area is 157 Å². The molecular weight excluding hydrogens is 330 g/mol. The lowest BCUT2D eigenvalue weighted by Crippen LogP contribution is -2.44. The number of carbonyl (C=O) groups is 1. The van der Waals surface area contributed by atoms with Gasteiger partial charge < -0.3 is 15.4 Å². The number of aryl methyl sites for hydroxylation is 1. The summed E-state index contributed by atoms with van der Waals surface area (Å²) in [6.07, 6.45) is 10.7. The summed E-state index contributed by atoms with van der Waals surface area (Å²) in [5.74, 6) is 0. The SMILES string of the molecule is CC(C)(C)OC(=O)N(CCCCCn1cc(CN)nn1)C1CCCCC1. The van der Waals surface area contributed by atoms with Crippen molar-refractivity contribution >= 4 is 6.09 Å². The van der Waals surface area contributed by atoms with Crippen LogP contribution >= 0.6 is 0 Å². The lowest BCUT2D eigenvalue weighted by atomic mass is 9.94. The molecule has 26 heavy (non-hydrogen) atoms. The predicted molar refractivity (Wildman–Crippen MR) is 102 cm³/mol. The number of ether oxygens (including phenoxy) is 1. The minimum atomic E-state index is -0.447. The van der Waals surface area contributed by atoms with Crippen LogP contribution in [-0.2, 0) is 17.8 Å². The normalized spacial score (nSPS) is 15.8. The van der Waals surface area contributed by atoms with Crippen LogP contribution in [0.4, 0.5) is 4.79 Å². The van der Waals surface area contributed by atoms with Crippen molar-refractivity contribution in [2.24, 2.45) is 5.73 Å². The summed E-state index contributed by atoms with van der Waals surface area (Å²) in [6.45, 7) is 7.81. The number of nitrogens with two attached hydrogens (primary N) is 1. The standard InChI is InChI=1S/C19H35N5O2/c1-19(2,3)26-18(25)24(17-10-6-4-7-11-17)13-9-5-8-12-23-15-16(14-20)21-22-23/h15,17H,4-14,20H2,1-3H3. The van der Waals surface area contributed by atoms with E-state index in [1.807, 2.05) is 36.5 Å². The molecule has 0 unspecified atom stereocenters. The maximum absolute atomic E-state index is 12.6. The zero-order valence-corrected chi connectivity index (χ0v) is 16.6. The molecule has 0 spiro atoms. The molecule has 0 aliphatic heterocycles. The maximum atomic E-state index is 12.6. The predicted octanol–water partition coefficient (Wildman–Crippen LogP) is 3.48. The highest BCUT2D eigenvalue weighted by molar-refractivity contribution is 5.68. The van der Waals surface area contributed by atoms with E-state index in [2.05, 4.69) is 10.3 Å². The topological polar surface area (TPSA) is 86.3 Å². The third-order valence-electron chi connectivity index (χ3n) is 4.72. The van der Waals surface area contributed by atoms with Gasteiger partial charge in [-0.05, 0) is 52.9 Å². The van der Waals surface area contributed by atoms with Gasteiger partial charge in [-0.2, -0.15) is 0 Å². The van der Waals surface area contributed by atoms with Crippen LogP contribution in [0.1, 0.15) is 77.8 Å². The van der Waals surface area contributed by atoms with Gasteiger partial charge in [0, 0.05) is 31.9 Å². The van der Waals surface area contributed by atoms with Crippen LogP contribution in [-0.4, -0.2) is 44.2 Å². The molecule has 2 N–H and O–H groups in total. The van der Waals surface area contributed by atoms with E-state index in [1.165, 1.54) is 19.3 Å². The number of carbonyl (C=O) groups excluding carboxylic acids is 1. The molecule has 1 amide bonds. The zero-order chi connectivity index (χ0) is 19.0. The fourth-order valence-electron chi connectivity index (χ4n) is 3.41. The van der Waals surface area contributed by atoms with Crippen molar-refractivity contribution in [1.29, 1.82) is 0 Å². The molecule has 1 aliphatic rings. The van der Waals surface area contributed by atoms with Crippen LogP contribution in [0.5, 0.6) is 0 Å². The molecule has 1 aliphatic carbocycles. The number of hydrogen-bond donors (Lipinski definition) is 1. The summed E-state index contributed by atoms with van der Waals surface area (Å²) in [5, 5.41) is 8.06. The zero-order valence-electron chi connectivity index (χ0n) is 16.6. The van der Waals surface area contributed by atoms with Crippen LogP contribution in [0, 0.1) is 0 Å². The van der Waals surface area contributed by atoms with Crippen molar-refractivity contribution in [2.45, 2.75) is 96.9 Å². The third-order valence-corrected chi connectivity index (χ3v) is 4.72. The molecule has 0 bridgehead atoms. The molecule has 1 aromatic rings. The molecule has 1 heterocycles. The van der Waals surface area contributed by atoms with Gasteiger partial charge >= 0.3 is 6.09 Å². The van der Waals surface area contributed by atoms with Gasteiger partial charge in [-0.1, -0.05) is 24.5 Å². The van der Waals surface area contributed by atoms with Crippen LogP contribution in [0.15, 0.2) is 6.20 Å². The number of rotatable bonds is 8. The van der Waals surface area contributed by atoms with Crippen LogP contribution in [0.3, 0.4) is 0 Å². The number of nitrogens with zero attached hydrogens (tertiary/aromatic N) is 4. The van der Waals surface area contributed by atoms with Gasteiger partial charge in [0.05, 0.1) is 5.69 Å². The van der Waals surface area contributed by atoms with Crippen molar-refractivity contribution in [3.05, 3.63) is 11.9 Å². The molecule has 0 radical (unpaired) electrons. The van der Waals surface area contributed by atoms with Crippen LogP contribution in [0.25, 0.3) is 0 Å². The van der Waals surface area contributed by atoms with Crippen molar-refractivity contribution < 1.29 is 9.53 Å². The third kappa shape index (κ3) is 6.94. The smallest absolute Gasteiger partial charge is 0.410 e. The first-order valence-electron chi connectivity index (χ1n) is 9.98. The van der Waals surface area contributed by atoms with Gasteiger partial charge in [0.25, 0.3) is 0 Å². The van der Waals surface area contributed by atoms with Gasteiger partial charge in [0.15, 0.2) is 0 Å². The average Bonchev–Trinajstić information content (AvgIpc) is 3.05. The van der Waals surface area contributed by atoms with Gasteiger partial charge in [-0.3, -0.25) is 4.68 Å². The molecule has 0 aromatic carbocycles. The highest BCUT2D eigenvalue weighted by atomic mass is 16.6. The van der Waals surface area contributed by atoms with E-state index in [0.29, 0.717) is 12.6 Å². The number of hydrogen-bond acceptors (Lipinski definition) is 5. The van der Waals surface area contributed by atoms with Crippen molar-refractivity contribution in [3.8, 4) is 0 Å². The van der Waals surface area contributed by atoms with Crippen LogP contribution in [0.2, 0.25) is 0 Å². The second-order valence-electron chi connectivity index (χ2n) is 8.20. The van der Waals surface area contributed by atoms with E-state index in [0.717, 1.165) is 50.9 Å². The molecule has 1 fully saturated rings. The second-order valence-corrected chi connectivity index (χ2v) is 8.20. The Kier molecular flexibility index (Phi) is 7.87. The lowest BCUT2D eigenvalue weighted by molar-refractivity contribution is 0.0117. The van der Waals surface area contributed by atoms with Crippen molar-refractivity contribution in [1.82, 2.24) is 19.9 Å². The Morgan fingerprint density at radius 3 is 2.62 bits per heavy atom. The number of amides is 1. The van der Waals surface area contributed by atoms with E-state index in [4.69, 9.17) is 10.5 Å². The molecule has 148 valence electrons. The fraction of sp³-hybridized carbons (Fsp3) is 0.842. The van der Waals surface area contributed by atoms with Crippen LogP contribution < -0.4 is 5.73 Å². The van der Waals surface area contributed by atoms with Crippen molar-refractivity contribution in [3.63, 3.8) is 0 Å². The van der Waals surface area contributed by atoms with Gasteiger partial charge in [-0.25, -0.2) is 4.79 Å². The minimum absolute atomic E-state index is 0.159. The number of aromatic nitrogens is 3. The molecular formula is C19H35N5O2. The quantitative estimate of drug-likeness (QED) is 0.713. The molecule has 0 saturated heterocycles. The maximum Gasteiger partial charge on any atom is 0.410 e. The summed E-state index contributed by atoms with van der Waals surface area (Å²) in [6, 6.07) is 0.334.